The minimum absolute atomic E-state index is 0. The Bertz CT molecular complexity index is 1120. The summed E-state index contributed by atoms with van der Waals surface area (Å²) in [5, 5.41) is 2.91. The van der Waals surface area contributed by atoms with E-state index in [1.807, 2.05) is 0 Å². The summed E-state index contributed by atoms with van der Waals surface area (Å²) in [6.07, 6.45) is 4.01. The van der Waals surface area contributed by atoms with Crippen LogP contribution in [-0.4, -0.2) is 24.4 Å². The third-order valence-corrected chi connectivity index (χ3v) is 4.83. The van der Waals surface area contributed by atoms with Gasteiger partial charge in [0.2, 0.25) is 0 Å². The van der Waals surface area contributed by atoms with Gasteiger partial charge in [0.05, 0.1) is 12.5 Å². The Morgan fingerprint density at radius 1 is 1.29 bits per heavy atom. The molecule has 1 N–H and O–H groups in total. The predicted molar refractivity (Wildman–Crippen MR) is 96.7 cm³/mol. The van der Waals surface area contributed by atoms with E-state index in [0.29, 0.717) is 12.1 Å². The van der Waals surface area contributed by atoms with E-state index in [9.17, 15) is 8.42 Å². The van der Waals surface area contributed by atoms with E-state index in [-0.39, 0.29) is 28.6 Å². The molecular weight excluding hydrogens is 346 g/mol. The van der Waals surface area contributed by atoms with E-state index in [2.05, 4.69) is 10.3 Å². The molecule has 126 valence electrons. The summed E-state index contributed by atoms with van der Waals surface area (Å²) < 4.78 is 67.1. The molecule has 2 heterocycles. The summed E-state index contributed by atoms with van der Waals surface area (Å²) in [7, 11) is -2.40. The summed E-state index contributed by atoms with van der Waals surface area (Å²) in [6.45, 7) is 0.335. The highest BCUT2D eigenvalue weighted by molar-refractivity contribution is 7.90. The van der Waals surface area contributed by atoms with Gasteiger partial charge in [0, 0.05) is 25.1 Å². The van der Waals surface area contributed by atoms with E-state index in [4.69, 9.17) is 6.85 Å². The fraction of sp³-hybridized carbons (Fsp3) is 0.118. The van der Waals surface area contributed by atoms with Crippen molar-refractivity contribution in [3.05, 3.63) is 72.6 Å². The van der Waals surface area contributed by atoms with Gasteiger partial charge in [-0.3, -0.25) is 4.98 Å². The lowest BCUT2D eigenvalue weighted by atomic mass is 10.1. The summed E-state index contributed by atoms with van der Waals surface area (Å²) in [4.78, 5) is 3.76. The van der Waals surface area contributed by atoms with Gasteiger partial charge in [-0.2, -0.15) is 0 Å². The van der Waals surface area contributed by atoms with Gasteiger partial charge in [0.1, 0.15) is 4.90 Å². The summed E-state index contributed by atoms with van der Waals surface area (Å²) >= 11 is 0. The molecule has 2 aromatic heterocycles. The van der Waals surface area contributed by atoms with E-state index in [0.717, 1.165) is 3.97 Å². The summed E-state index contributed by atoms with van der Waals surface area (Å²) in [5.41, 5.74) is 0.392. The molecular formula is C17H18ClN3O2S. The molecule has 0 spiro atoms. The van der Waals surface area contributed by atoms with E-state index >= 15 is 0 Å². The topological polar surface area (TPSA) is 64.0 Å². The molecule has 7 heteroatoms. The minimum Gasteiger partial charge on any atom is -0.316 e. The van der Waals surface area contributed by atoms with Gasteiger partial charge in [0.25, 0.3) is 10.0 Å². The zero-order chi connectivity index (χ0) is 20.6. The normalized spacial score (nSPS) is 14.0. The Morgan fingerprint density at radius 2 is 2.04 bits per heavy atom. The molecule has 0 unspecified atom stereocenters. The van der Waals surface area contributed by atoms with Gasteiger partial charge >= 0.3 is 0 Å². The molecule has 0 saturated heterocycles. The number of hydrogen-bond acceptors (Lipinski definition) is 4. The first-order valence-electron chi connectivity index (χ1n) is 9.29. The first-order chi connectivity index (χ1) is 13.2. The minimum atomic E-state index is -4.09. The number of rotatable bonds is 5. The number of aromatic nitrogens is 2. The van der Waals surface area contributed by atoms with E-state index in [1.54, 1.807) is 7.05 Å². The maximum absolute atomic E-state index is 13.2. The van der Waals surface area contributed by atoms with Crippen molar-refractivity contribution in [3.8, 4) is 11.3 Å². The van der Waals surface area contributed by atoms with Gasteiger partial charge in [-0.25, -0.2) is 12.4 Å². The van der Waals surface area contributed by atoms with E-state index in [1.165, 1.54) is 36.8 Å². The van der Waals surface area contributed by atoms with Crippen molar-refractivity contribution in [2.75, 3.05) is 7.05 Å². The van der Waals surface area contributed by atoms with Crippen molar-refractivity contribution < 1.29 is 15.3 Å². The molecule has 5 nitrogen and oxygen atoms in total. The van der Waals surface area contributed by atoms with Crippen LogP contribution in [0.25, 0.3) is 11.3 Å². The van der Waals surface area contributed by atoms with Crippen molar-refractivity contribution in [1.29, 1.82) is 0 Å². The smallest absolute Gasteiger partial charge is 0.269 e. The number of benzene rings is 1. The van der Waals surface area contributed by atoms with Crippen molar-refractivity contribution in [2.24, 2.45) is 0 Å². The number of halogens is 1. The Labute approximate surface area is 154 Å². The molecule has 0 aliphatic heterocycles. The molecule has 3 aromatic rings. The van der Waals surface area contributed by atoms with Crippen LogP contribution in [0.5, 0.6) is 0 Å². The fourth-order valence-corrected chi connectivity index (χ4v) is 3.52. The standard InChI is InChI=1S/C17H17N3O2S.ClH/c1-18-11-14-10-17(15-6-3-2-4-7-15)20(13-14)23(21,22)16-8-5-9-19-12-16;/h2-10,12-13,18H,11H2,1H3;1H/i2D,3D,4D,6D,7D;. The Hall–Kier alpha value is -2.15. The lowest BCUT2D eigenvalue weighted by molar-refractivity contribution is 0.587. The maximum Gasteiger partial charge on any atom is 0.269 e. The zero-order valence-corrected chi connectivity index (χ0v) is 14.3. The molecule has 3 rings (SSSR count). The van der Waals surface area contributed by atoms with Crippen LogP contribution in [0.15, 0.2) is 71.9 Å². The number of hydrogen-bond donors (Lipinski definition) is 1. The third-order valence-electron chi connectivity index (χ3n) is 3.17. The van der Waals surface area contributed by atoms with Crippen LogP contribution in [0.4, 0.5) is 0 Å². The molecule has 0 aliphatic carbocycles. The quantitative estimate of drug-likeness (QED) is 0.752. The average Bonchev–Trinajstić information content (AvgIpc) is 3.10. The Balaban J connectivity index is 0.00000300. The average molecular weight is 369 g/mol. The van der Waals surface area contributed by atoms with Crippen LogP contribution in [0.2, 0.25) is 0 Å². The van der Waals surface area contributed by atoms with Crippen LogP contribution in [0.3, 0.4) is 0 Å². The predicted octanol–water partition coefficient (Wildman–Crippen LogP) is 2.93. The molecule has 0 saturated carbocycles. The molecule has 0 bridgehead atoms. The second-order valence-corrected chi connectivity index (χ2v) is 6.57. The van der Waals surface area contributed by atoms with Crippen LogP contribution in [0, 0.1) is 0 Å². The lowest BCUT2D eigenvalue weighted by Crippen LogP contribution is -2.13. The monoisotopic (exact) mass is 368 g/mol. The van der Waals surface area contributed by atoms with Gasteiger partial charge in [0.15, 0.2) is 0 Å². The highest BCUT2D eigenvalue weighted by Crippen LogP contribution is 2.26. The first kappa shape index (κ1) is 12.2. The van der Waals surface area contributed by atoms with Crippen molar-refractivity contribution >= 4 is 22.4 Å². The number of nitrogens with zero attached hydrogens (tertiary/aromatic N) is 2. The van der Waals surface area contributed by atoms with E-state index < -0.39 is 40.2 Å². The number of nitrogens with one attached hydrogen (secondary N) is 1. The summed E-state index contributed by atoms with van der Waals surface area (Å²) in [6, 6.07) is 1.82. The van der Waals surface area contributed by atoms with Gasteiger partial charge in [-0.1, -0.05) is 30.2 Å². The highest BCUT2D eigenvalue weighted by atomic mass is 35.5. The maximum atomic E-state index is 13.2. The molecule has 1 aromatic carbocycles. The third kappa shape index (κ3) is 3.51. The first-order valence-corrected chi connectivity index (χ1v) is 8.23. The van der Waals surface area contributed by atoms with Crippen LogP contribution >= 0.6 is 12.4 Å². The van der Waals surface area contributed by atoms with Crippen LogP contribution in [0.1, 0.15) is 12.4 Å². The second-order valence-electron chi connectivity index (χ2n) is 4.75. The Kier molecular flexibility index (Phi) is 3.88. The Morgan fingerprint density at radius 3 is 2.67 bits per heavy atom. The lowest BCUT2D eigenvalue weighted by Gasteiger charge is -2.10. The van der Waals surface area contributed by atoms with Crippen molar-refractivity contribution in [3.63, 3.8) is 0 Å². The van der Waals surface area contributed by atoms with Crippen molar-refractivity contribution in [1.82, 2.24) is 14.3 Å². The molecule has 0 fully saturated rings. The SMILES string of the molecule is Cl.[2H]c1c([2H])c([2H])c(-c2cc(CNC)cn2S(=O)(=O)c2cccnc2)c([2H])c1[2H]. The number of pyridine rings is 1. The fourth-order valence-electron chi connectivity index (χ4n) is 2.17. The van der Waals surface area contributed by atoms with Gasteiger partial charge in [-0.15, -0.1) is 12.4 Å². The van der Waals surface area contributed by atoms with Crippen LogP contribution in [-0.2, 0) is 16.6 Å². The van der Waals surface area contributed by atoms with Crippen molar-refractivity contribution in [2.45, 2.75) is 11.4 Å². The molecule has 0 atom stereocenters. The summed E-state index contributed by atoms with van der Waals surface area (Å²) in [5.74, 6) is 0. The molecule has 24 heavy (non-hydrogen) atoms. The highest BCUT2D eigenvalue weighted by Gasteiger charge is 2.21. The molecule has 0 radical (unpaired) electrons. The van der Waals surface area contributed by atoms with Gasteiger partial charge in [-0.05, 0) is 36.4 Å². The second kappa shape index (κ2) is 7.61. The zero-order valence-electron chi connectivity index (χ0n) is 17.7. The van der Waals surface area contributed by atoms with Crippen LogP contribution < -0.4 is 5.32 Å². The van der Waals surface area contributed by atoms with Gasteiger partial charge < -0.3 is 5.32 Å². The molecule has 0 aliphatic rings. The molecule has 0 amide bonds. The largest absolute Gasteiger partial charge is 0.316 e.